The molecule has 4 aliphatic carbocycles. The largest absolute Gasteiger partial charge is 0.299 e. The van der Waals surface area contributed by atoms with Gasteiger partial charge in [0, 0.05) is 11.3 Å². The molecule has 0 saturated heterocycles. The van der Waals surface area contributed by atoms with E-state index in [0.29, 0.717) is 23.0 Å². The molecule has 1 nitrogen and oxygen atoms in total. The summed E-state index contributed by atoms with van der Waals surface area (Å²) in [6.45, 7) is 9.48. The Kier molecular flexibility index (Phi) is 4.01. The smallest absolute Gasteiger partial charge is 0.142 e. The van der Waals surface area contributed by atoms with Gasteiger partial charge in [-0.05, 0) is 80.5 Å². The zero-order chi connectivity index (χ0) is 17.1. The van der Waals surface area contributed by atoms with Crippen LogP contribution < -0.4 is 0 Å². The first-order valence-electron chi connectivity index (χ1n) is 10.7. The van der Waals surface area contributed by atoms with Gasteiger partial charge in [-0.2, -0.15) is 0 Å². The summed E-state index contributed by atoms with van der Waals surface area (Å²) >= 11 is 0. The lowest BCUT2D eigenvalue weighted by Crippen LogP contribution is -2.50. The fraction of sp³-hybridized carbons (Fsp3) is 0.870. The second-order valence-electron chi connectivity index (χ2n) is 9.94. The molecule has 0 radical (unpaired) electrons. The van der Waals surface area contributed by atoms with E-state index in [1.165, 1.54) is 44.9 Å². The second-order valence-corrected chi connectivity index (χ2v) is 9.94. The minimum Gasteiger partial charge on any atom is -0.299 e. The molecular weight excluding hydrogens is 292 g/mol. The molecule has 1 heteroatoms. The van der Waals surface area contributed by atoms with Gasteiger partial charge in [-0.15, -0.1) is 0 Å². The van der Waals surface area contributed by atoms with E-state index in [4.69, 9.17) is 0 Å². The van der Waals surface area contributed by atoms with Crippen LogP contribution in [0.5, 0.6) is 0 Å². The summed E-state index contributed by atoms with van der Waals surface area (Å²) in [4.78, 5) is 13.0. The van der Waals surface area contributed by atoms with Crippen LogP contribution in [0.1, 0.15) is 85.5 Å². The highest BCUT2D eigenvalue weighted by Crippen LogP contribution is 2.65. The van der Waals surface area contributed by atoms with E-state index in [-0.39, 0.29) is 5.41 Å². The van der Waals surface area contributed by atoms with Crippen LogP contribution in [0, 0.1) is 40.4 Å². The molecule has 0 bridgehead atoms. The molecule has 0 aromatic heterocycles. The maximum atomic E-state index is 13.0. The van der Waals surface area contributed by atoms with E-state index in [9.17, 15) is 4.79 Å². The molecule has 24 heavy (non-hydrogen) atoms. The van der Waals surface area contributed by atoms with Crippen molar-refractivity contribution < 1.29 is 4.79 Å². The number of carbonyl (C=O) groups is 1. The van der Waals surface area contributed by atoms with Gasteiger partial charge < -0.3 is 0 Å². The average Bonchev–Trinajstić information content (AvgIpc) is 2.85. The van der Waals surface area contributed by atoms with Crippen LogP contribution in [-0.4, -0.2) is 5.78 Å². The van der Waals surface area contributed by atoms with E-state index in [2.05, 4.69) is 33.8 Å². The molecule has 4 aliphatic rings. The second kappa shape index (κ2) is 5.71. The maximum Gasteiger partial charge on any atom is 0.142 e. The Balaban J connectivity index is 1.65. The zero-order valence-corrected chi connectivity index (χ0v) is 16.2. The molecule has 4 rings (SSSR count). The van der Waals surface area contributed by atoms with Crippen molar-refractivity contribution in [2.24, 2.45) is 40.4 Å². The summed E-state index contributed by atoms with van der Waals surface area (Å²) in [6.07, 6.45) is 14.1. The van der Waals surface area contributed by atoms with Crippen molar-refractivity contribution in [2.45, 2.75) is 85.5 Å². The number of hydrogen-bond acceptors (Lipinski definition) is 1. The van der Waals surface area contributed by atoms with E-state index in [1.54, 1.807) is 5.57 Å². The Labute approximate surface area is 148 Å². The zero-order valence-electron chi connectivity index (χ0n) is 16.2. The molecule has 134 valence electrons. The Morgan fingerprint density at radius 3 is 2.50 bits per heavy atom. The Hall–Kier alpha value is -0.590. The Bertz CT molecular complexity index is 560. The minimum atomic E-state index is 0.00413. The van der Waals surface area contributed by atoms with E-state index < -0.39 is 0 Å². The Morgan fingerprint density at radius 1 is 1.04 bits per heavy atom. The fourth-order valence-corrected chi connectivity index (χ4v) is 7.38. The lowest BCUT2D eigenvalue weighted by atomic mass is 9.47. The summed E-state index contributed by atoms with van der Waals surface area (Å²) in [5.41, 5.74) is 2.25. The predicted molar refractivity (Wildman–Crippen MR) is 99.7 cm³/mol. The summed E-state index contributed by atoms with van der Waals surface area (Å²) in [5, 5.41) is 0. The van der Waals surface area contributed by atoms with Crippen molar-refractivity contribution in [3.8, 4) is 0 Å². The van der Waals surface area contributed by atoms with Crippen LogP contribution in [0.3, 0.4) is 0 Å². The molecule has 0 aromatic carbocycles. The molecule has 7 atom stereocenters. The highest BCUT2D eigenvalue weighted by Gasteiger charge is 2.60. The molecule has 0 heterocycles. The third-order valence-corrected chi connectivity index (χ3v) is 9.14. The van der Waals surface area contributed by atoms with Crippen LogP contribution in [0.25, 0.3) is 0 Å². The van der Waals surface area contributed by atoms with Crippen molar-refractivity contribution in [3.63, 3.8) is 0 Å². The van der Waals surface area contributed by atoms with E-state index >= 15 is 0 Å². The van der Waals surface area contributed by atoms with Gasteiger partial charge in [-0.1, -0.05) is 45.8 Å². The Morgan fingerprint density at radius 2 is 1.79 bits per heavy atom. The van der Waals surface area contributed by atoms with Gasteiger partial charge >= 0.3 is 0 Å². The van der Waals surface area contributed by atoms with Crippen LogP contribution in [0.2, 0.25) is 0 Å². The first-order chi connectivity index (χ1) is 11.4. The number of rotatable bonds is 2. The number of Topliss-reactive ketones (excluding diaryl/α,β-unsaturated/α-hetero) is 1. The molecule has 0 N–H and O–H groups in total. The van der Waals surface area contributed by atoms with E-state index in [0.717, 1.165) is 30.6 Å². The van der Waals surface area contributed by atoms with Gasteiger partial charge in [0.25, 0.3) is 0 Å². The number of fused-ring (bicyclic) bond motifs is 5. The van der Waals surface area contributed by atoms with Crippen LogP contribution in [0.15, 0.2) is 11.6 Å². The molecule has 0 amide bonds. The van der Waals surface area contributed by atoms with Crippen molar-refractivity contribution in [2.75, 3.05) is 0 Å². The van der Waals surface area contributed by atoms with Gasteiger partial charge in [0.05, 0.1) is 0 Å². The molecule has 0 unspecified atom stereocenters. The molecule has 3 fully saturated rings. The first kappa shape index (κ1) is 16.9. The number of ketones is 1. The van der Waals surface area contributed by atoms with Gasteiger partial charge in [0.15, 0.2) is 0 Å². The molecule has 0 aromatic rings. The number of allylic oxidation sites excluding steroid dienone is 2. The summed E-state index contributed by atoms with van der Waals surface area (Å²) in [5.74, 6) is 4.17. The topological polar surface area (TPSA) is 17.1 Å². The lowest BCUT2D eigenvalue weighted by molar-refractivity contribution is -0.134. The van der Waals surface area contributed by atoms with Gasteiger partial charge in [-0.25, -0.2) is 0 Å². The standard InChI is InChI=1S/C23H36O/c1-5-15-9-11-22(3)17(13-15)7-8-18-19(22)10-12-23(4)20(18)14-16(6-2)21(23)24/h7,15-16,18-20H,5-6,8-14H2,1-4H3/t15-,16-,18+,19-,20-,22-,23-/m0/s1. The van der Waals surface area contributed by atoms with E-state index in [1.807, 2.05) is 0 Å². The van der Waals surface area contributed by atoms with Crippen molar-refractivity contribution >= 4 is 5.78 Å². The third-order valence-electron chi connectivity index (χ3n) is 9.14. The average molecular weight is 329 g/mol. The van der Waals surface area contributed by atoms with Crippen LogP contribution in [-0.2, 0) is 4.79 Å². The highest BCUT2D eigenvalue weighted by atomic mass is 16.1. The molecular formula is C23H36O. The summed E-state index contributed by atoms with van der Waals surface area (Å²) in [6, 6.07) is 0. The first-order valence-corrected chi connectivity index (χ1v) is 10.7. The summed E-state index contributed by atoms with van der Waals surface area (Å²) in [7, 11) is 0. The van der Waals surface area contributed by atoms with Gasteiger partial charge in [0.1, 0.15) is 5.78 Å². The third kappa shape index (κ3) is 2.15. The molecule has 0 spiro atoms. The van der Waals surface area contributed by atoms with Crippen molar-refractivity contribution in [1.82, 2.24) is 0 Å². The van der Waals surface area contributed by atoms with Gasteiger partial charge in [-0.3, -0.25) is 4.79 Å². The molecule has 0 aliphatic heterocycles. The predicted octanol–water partition coefficient (Wildman–Crippen LogP) is 6.18. The van der Waals surface area contributed by atoms with Crippen molar-refractivity contribution in [3.05, 3.63) is 11.6 Å². The fourth-order valence-electron chi connectivity index (χ4n) is 7.38. The molecule has 3 saturated carbocycles. The monoisotopic (exact) mass is 328 g/mol. The van der Waals surface area contributed by atoms with Crippen molar-refractivity contribution in [1.29, 1.82) is 0 Å². The minimum absolute atomic E-state index is 0.00413. The van der Waals surface area contributed by atoms with Crippen LogP contribution >= 0.6 is 0 Å². The number of carbonyl (C=O) groups excluding carboxylic acids is 1. The maximum absolute atomic E-state index is 13.0. The lowest BCUT2D eigenvalue weighted by Gasteiger charge is -2.57. The quantitative estimate of drug-likeness (QED) is 0.553. The van der Waals surface area contributed by atoms with Gasteiger partial charge in [0.2, 0.25) is 0 Å². The SMILES string of the molecule is CC[C@H]1CC[C@@]2(C)C(=CC[C@@H]3[C@@H]2CC[C@]2(C)C(=O)[C@@H](CC)C[C@@H]32)C1. The number of hydrogen-bond donors (Lipinski definition) is 0. The highest BCUT2D eigenvalue weighted by molar-refractivity contribution is 5.89. The normalized spacial score (nSPS) is 50.8. The van der Waals surface area contributed by atoms with Crippen LogP contribution in [0.4, 0.5) is 0 Å². The summed E-state index contributed by atoms with van der Waals surface area (Å²) < 4.78 is 0.